The second kappa shape index (κ2) is 3.11. The summed E-state index contributed by atoms with van der Waals surface area (Å²) in [4.78, 5) is 0. The Bertz CT molecular complexity index is 223. The van der Waals surface area contributed by atoms with Crippen LogP contribution in [0.5, 0.6) is 0 Å². The molecule has 66 valence electrons. The summed E-state index contributed by atoms with van der Waals surface area (Å²) in [5, 5.41) is -0.175. The van der Waals surface area contributed by atoms with Crippen LogP contribution < -0.4 is 5.73 Å². The average Bonchev–Trinajstić information content (AvgIpc) is 1.86. The van der Waals surface area contributed by atoms with Crippen molar-refractivity contribution in [2.45, 2.75) is 37.0 Å². The lowest BCUT2D eigenvalue weighted by atomic mass is 9.96. The average molecular weight is 177 g/mol. The monoisotopic (exact) mass is 177 g/mol. The van der Waals surface area contributed by atoms with Gasteiger partial charge in [-0.25, -0.2) is 8.42 Å². The number of hydrogen-bond donors (Lipinski definition) is 1. The van der Waals surface area contributed by atoms with Crippen LogP contribution in [0.25, 0.3) is 0 Å². The van der Waals surface area contributed by atoms with E-state index >= 15 is 0 Å². The normalized spacial score (nSPS) is 33.6. The lowest BCUT2D eigenvalue weighted by Gasteiger charge is -2.24. The molecule has 1 aliphatic carbocycles. The predicted octanol–water partition coefficient (Wildman–Crippen LogP) is 0.301. The first-order valence-corrected chi connectivity index (χ1v) is 5.90. The molecule has 1 fully saturated rings. The van der Waals surface area contributed by atoms with Gasteiger partial charge in [0.05, 0.1) is 5.25 Å². The minimum absolute atomic E-state index is 0.100. The largest absolute Gasteiger partial charge is 0.328 e. The van der Waals surface area contributed by atoms with E-state index in [9.17, 15) is 8.42 Å². The van der Waals surface area contributed by atoms with Gasteiger partial charge in [-0.3, -0.25) is 0 Å². The van der Waals surface area contributed by atoms with E-state index in [4.69, 9.17) is 5.73 Å². The summed E-state index contributed by atoms with van der Waals surface area (Å²) >= 11 is 0. The third-order valence-electron chi connectivity index (χ3n) is 2.27. The standard InChI is InChI=1S/C7H15NO2S/c1-11(9,10)7-4-2-3-6(8)5-7/h6-7H,2-5,8H2,1H3/t6-,7-/m0/s1. The quantitative estimate of drug-likeness (QED) is 0.626. The van der Waals surface area contributed by atoms with Gasteiger partial charge in [0, 0.05) is 12.3 Å². The zero-order valence-electron chi connectivity index (χ0n) is 6.79. The molecule has 2 atom stereocenters. The molecule has 3 nitrogen and oxygen atoms in total. The Morgan fingerprint density at radius 1 is 1.36 bits per heavy atom. The van der Waals surface area contributed by atoms with Crippen molar-refractivity contribution >= 4 is 9.84 Å². The van der Waals surface area contributed by atoms with Crippen LogP contribution in [-0.2, 0) is 9.84 Å². The molecule has 1 aliphatic rings. The van der Waals surface area contributed by atoms with E-state index < -0.39 is 9.84 Å². The number of hydrogen-bond acceptors (Lipinski definition) is 3. The molecular weight excluding hydrogens is 162 g/mol. The van der Waals surface area contributed by atoms with E-state index in [1.807, 2.05) is 0 Å². The highest BCUT2D eigenvalue weighted by Gasteiger charge is 2.26. The van der Waals surface area contributed by atoms with E-state index in [2.05, 4.69) is 0 Å². The van der Waals surface area contributed by atoms with Gasteiger partial charge in [-0.05, 0) is 19.3 Å². The highest BCUT2D eigenvalue weighted by molar-refractivity contribution is 7.91. The summed E-state index contributed by atoms with van der Waals surface area (Å²) in [5.41, 5.74) is 5.66. The van der Waals surface area contributed by atoms with Crippen molar-refractivity contribution < 1.29 is 8.42 Å². The lowest BCUT2D eigenvalue weighted by Crippen LogP contribution is -2.34. The minimum Gasteiger partial charge on any atom is -0.328 e. The molecule has 11 heavy (non-hydrogen) atoms. The molecule has 0 aliphatic heterocycles. The van der Waals surface area contributed by atoms with E-state index in [1.54, 1.807) is 0 Å². The molecule has 0 amide bonds. The van der Waals surface area contributed by atoms with E-state index in [-0.39, 0.29) is 11.3 Å². The molecule has 0 unspecified atom stereocenters. The maximum atomic E-state index is 11.1. The van der Waals surface area contributed by atoms with E-state index in [0.29, 0.717) is 6.42 Å². The summed E-state index contributed by atoms with van der Waals surface area (Å²) in [5.74, 6) is 0. The van der Waals surface area contributed by atoms with Crippen LogP contribution in [0.3, 0.4) is 0 Å². The molecule has 0 aromatic carbocycles. The molecule has 0 radical (unpaired) electrons. The first kappa shape index (κ1) is 9.00. The molecule has 0 saturated heterocycles. The van der Waals surface area contributed by atoms with Crippen molar-refractivity contribution in [2.24, 2.45) is 5.73 Å². The molecule has 1 rings (SSSR count). The molecule has 4 heteroatoms. The van der Waals surface area contributed by atoms with Gasteiger partial charge >= 0.3 is 0 Å². The highest BCUT2D eigenvalue weighted by Crippen LogP contribution is 2.22. The van der Waals surface area contributed by atoms with Crippen molar-refractivity contribution in [1.29, 1.82) is 0 Å². The van der Waals surface area contributed by atoms with Gasteiger partial charge in [-0.2, -0.15) is 0 Å². The fraction of sp³-hybridized carbons (Fsp3) is 1.00. The Labute approximate surface area is 67.9 Å². The number of nitrogens with two attached hydrogens (primary N) is 1. The Morgan fingerprint density at radius 2 is 2.00 bits per heavy atom. The van der Waals surface area contributed by atoms with Gasteiger partial charge in [0.1, 0.15) is 9.84 Å². The zero-order chi connectivity index (χ0) is 8.48. The molecular formula is C7H15NO2S. The Balaban J connectivity index is 2.60. The maximum Gasteiger partial charge on any atom is 0.150 e. The number of sulfone groups is 1. The third-order valence-corrected chi connectivity index (χ3v) is 3.91. The summed E-state index contributed by atoms with van der Waals surface area (Å²) in [6.45, 7) is 0. The summed E-state index contributed by atoms with van der Waals surface area (Å²) < 4.78 is 22.2. The molecule has 0 bridgehead atoms. The summed E-state index contributed by atoms with van der Waals surface area (Å²) in [6, 6.07) is 0.100. The minimum atomic E-state index is -2.84. The molecule has 0 aromatic heterocycles. The van der Waals surface area contributed by atoms with Crippen LogP contribution >= 0.6 is 0 Å². The fourth-order valence-corrected chi connectivity index (χ4v) is 2.76. The molecule has 2 N–H and O–H groups in total. The molecule has 0 spiro atoms. The van der Waals surface area contributed by atoms with Crippen LogP contribution in [0.2, 0.25) is 0 Å². The van der Waals surface area contributed by atoms with Crippen LogP contribution in [0.1, 0.15) is 25.7 Å². The second-order valence-corrected chi connectivity index (χ2v) is 5.70. The molecule has 0 aromatic rings. The predicted molar refractivity (Wildman–Crippen MR) is 45.1 cm³/mol. The summed E-state index contributed by atoms with van der Waals surface area (Å²) in [6.07, 6.45) is 4.69. The molecule has 0 heterocycles. The van der Waals surface area contributed by atoms with Gasteiger partial charge in [0.25, 0.3) is 0 Å². The van der Waals surface area contributed by atoms with E-state index in [0.717, 1.165) is 19.3 Å². The fourth-order valence-electron chi connectivity index (χ4n) is 1.57. The SMILES string of the molecule is CS(=O)(=O)[C@H]1CCC[C@H](N)C1. The summed E-state index contributed by atoms with van der Waals surface area (Å²) in [7, 11) is -2.84. The van der Waals surface area contributed by atoms with E-state index in [1.165, 1.54) is 6.26 Å². The van der Waals surface area contributed by atoms with Crippen LogP contribution in [-0.4, -0.2) is 26.0 Å². The number of rotatable bonds is 1. The van der Waals surface area contributed by atoms with Crippen molar-refractivity contribution in [1.82, 2.24) is 0 Å². The lowest BCUT2D eigenvalue weighted by molar-refractivity contribution is 0.434. The highest BCUT2D eigenvalue weighted by atomic mass is 32.2. The molecule has 1 saturated carbocycles. The van der Waals surface area contributed by atoms with Crippen LogP contribution in [0.15, 0.2) is 0 Å². The smallest absolute Gasteiger partial charge is 0.150 e. The topological polar surface area (TPSA) is 60.2 Å². The Hall–Kier alpha value is -0.0900. The van der Waals surface area contributed by atoms with Gasteiger partial charge in [0.2, 0.25) is 0 Å². The van der Waals surface area contributed by atoms with Crippen molar-refractivity contribution in [2.75, 3.05) is 6.26 Å². The van der Waals surface area contributed by atoms with Gasteiger partial charge in [-0.1, -0.05) is 6.42 Å². The third kappa shape index (κ3) is 2.45. The second-order valence-electron chi connectivity index (χ2n) is 3.38. The Morgan fingerprint density at radius 3 is 2.36 bits per heavy atom. The maximum absolute atomic E-state index is 11.1. The Kier molecular flexibility index (Phi) is 2.54. The zero-order valence-corrected chi connectivity index (χ0v) is 7.60. The van der Waals surface area contributed by atoms with Crippen molar-refractivity contribution in [3.05, 3.63) is 0 Å². The first-order valence-electron chi connectivity index (χ1n) is 3.94. The van der Waals surface area contributed by atoms with Crippen molar-refractivity contribution in [3.63, 3.8) is 0 Å². The van der Waals surface area contributed by atoms with Crippen LogP contribution in [0, 0.1) is 0 Å². The van der Waals surface area contributed by atoms with Crippen molar-refractivity contribution in [3.8, 4) is 0 Å². The van der Waals surface area contributed by atoms with Gasteiger partial charge in [-0.15, -0.1) is 0 Å². The van der Waals surface area contributed by atoms with Gasteiger partial charge < -0.3 is 5.73 Å². The van der Waals surface area contributed by atoms with Crippen LogP contribution in [0.4, 0.5) is 0 Å². The van der Waals surface area contributed by atoms with Gasteiger partial charge in [0.15, 0.2) is 0 Å². The first-order chi connectivity index (χ1) is 5.00.